The fourth-order valence-corrected chi connectivity index (χ4v) is 3.84. The molecule has 1 amide bonds. The van der Waals surface area contributed by atoms with Crippen molar-refractivity contribution in [1.29, 1.82) is 0 Å². The third-order valence-electron chi connectivity index (χ3n) is 4.49. The van der Waals surface area contributed by atoms with Crippen molar-refractivity contribution in [1.82, 2.24) is 4.90 Å². The number of amides is 1. The number of nitro groups is 1. The number of hydrogen-bond donors (Lipinski definition) is 2. The van der Waals surface area contributed by atoms with Gasteiger partial charge in [-0.3, -0.25) is 15.0 Å². The SMILES string of the molecule is CC(C)(C)N(C(=O)O)C1(Nc2cc(Cl)ccc2[N+](=O)[O-])CCCCC1. The smallest absolute Gasteiger partial charge is 0.409 e. The molecular formula is C17H24ClN3O4. The van der Waals surface area contributed by atoms with Crippen molar-refractivity contribution < 1.29 is 14.8 Å². The molecule has 1 saturated carbocycles. The Morgan fingerprint density at radius 1 is 1.32 bits per heavy atom. The number of halogens is 1. The molecule has 0 unspecified atom stereocenters. The van der Waals surface area contributed by atoms with Gasteiger partial charge in [-0.2, -0.15) is 0 Å². The summed E-state index contributed by atoms with van der Waals surface area (Å²) < 4.78 is 0. The van der Waals surface area contributed by atoms with E-state index in [1.165, 1.54) is 23.1 Å². The highest BCUT2D eigenvalue weighted by atomic mass is 35.5. The number of hydrogen-bond acceptors (Lipinski definition) is 4. The molecule has 1 aliphatic rings. The van der Waals surface area contributed by atoms with Gasteiger partial charge in [-0.1, -0.05) is 18.0 Å². The fraction of sp³-hybridized carbons (Fsp3) is 0.588. The van der Waals surface area contributed by atoms with Crippen LogP contribution in [0, 0.1) is 10.1 Å². The van der Waals surface area contributed by atoms with Crippen LogP contribution in [0.1, 0.15) is 52.9 Å². The number of rotatable bonds is 4. The minimum absolute atomic E-state index is 0.117. The summed E-state index contributed by atoms with van der Waals surface area (Å²) in [6.07, 6.45) is 2.83. The Hall–Kier alpha value is -2.02. The van der Waals surface area contributed by atoms with Gasteiger partial charge in [0.2, 0.25) is 0 Å². The minimum Gasteiger partial charge on any atom is -0.465 e. The molecule has 7 nitrogen and oxygen atoms in total. The number of carbonyl (C=O) groups is 1. The first-order chi connectivity index (χ1) is 11.6. The Balaban J connectivity index is 2.54. The van der Waals surface area contributed by atoms with E-state index >= 15 is 0 Å². The van der Waals surface area contributed by atoms with E-state index < -0.39 is 22.2 Å². The first-order valence-corrected chi connectivity index (χ1v) is 8.70. The van der Waals surface area contributed by atoms with Gasteiger partial charge in [-0.05, 0) is 58.6 Å². The Morgan fingerprint density at radius 3 is 2.40 bits per heavy atom. The van der Waals surface area contributed by atoms with Crippen molar-refractivity contribution in [2.24, 2.45) is 0 Å². The summed E-state index contributed by atoms with van der Waals surface area (Å²) in [6.45, 7) is 5.47. The van der Waals surface area contributed by atoms with Crippen LogP contribution in [0.25, 0.3) is 0 Å². The third kappa shape index (κ3) is 4.15. The van der Waals surface area contributed by atoms with Gasteiger partial charge in [-0.25, -0.2) is 4.79 Å². The molecule has 0 spiro atoms. The van der Waals surface area contributed by atoms with Crippen LogP contribution in [0.3, 0.4) is 0 Å². The maximum Gasteiger partial charge on any atom is 0.409 e. The molecule has 1 fully saturated rings. The zero-order valence-electron chi connectivity index (χ0n) is 14.7. The standard InChI is InChI=1S/C17H24ClN3O4/c1-16(2,3)20(15(22)23)17(9-5-4-6-10-17)19-13-11-12(18)7-8-14(13)21(24)25/h7-8,11,19H,4-6,9-10H2,1-3H3,(H,22,23). The van der Waals surface area contributed by atoms with Crippen LogP contribution in [0.5, 0.6) is 0 Å². The molecule has 0 atom stereocenters. The van der Waals surface area contributed by atoms with E-state index in [9.17, 15) is 20.0 Å². The van der Waals surface area contributed by atoms with Crippen LogP contribution < -0.4 is 5.32 Å². The number of anilines is 1. The second kappa shape index (κ2) is 7.07. The number of carboxylic acid groups (broad SMARTS) is 1. The van der Waals surface area contributed by atoms with Gasteiger partial charge in [0.15, 0.2) is 0 Å². The normalized spacial score (nSPS) is 17.0. The quantitative estimate of drug-likeness (QED) is 0.437. The van der Waals surface area contributed by atoms with Gasteiger partial charge >= 0.3 is 6.09 Å². The fourth-order valence-electron chi connectivity index (χ4n) is 3.67. The van der Waals surface area contributed by atoms with E-state index in [1.54, 1.807) is 0 Å². The number of nitro benzene ring substituents is 1. The Morgan fingerprint density at radius 2 is 1.92 bits per heavy atom. The lowest BCUT2D eigenvalue weighted by Gasteiger charge is -2.51. The van der Waals surface area contributed by atoms with E-state index in [4.69, 9.17) is 11.6 Å². The maximum absolute atomic E-state index is 12.1. The molecule has 8 heteroatoms. The minimum atomic E-state index is -1.05. The highest BCUT2D eigenvalue weighted by Crippen LogP contribution is 2.41. The molecule has 1 aliphatic carbocycles. The average molecular weight is 370 g/mol. The molecular weight excluding hydrogens is 346 g/mol. The second-order valence-corrected chi connectivity index (χ2v) is 7.86. The van der Waals surface area contributed by atoms with E-state index in [0.717, 1.165) is 19.3 Å². The maximum atomic E-state index is 12.1. The van der Waals surface area contributed by atoms with E-state index in [1.807, 2.05) is 20.8 Å². The van der Waals surface area contributed by atoms with Crippen LogP contribution in [-0.2, 0) is 0 Å². The zero-order chi connectivity index (χ0) is 18.8. The lowest BCUT2D eigenvalue weighted by atomic mass is 9.84. The summed E-state index contributed by atoms with van der Waals surface area (Å²) in [5, 5.41) is 24.8. The van der Waals surface area contributed by atoms with Crippen molar-refractivity contribution in [3.63, 3.8) is 0 Å². The zero-order valence-corrected chi connectivity index (χ0v) is 15.5. The predicted molar refractivity (Wildman–Crippen MR) is 97.2 cm³/mol. The molecule has 0 aromatic heterocycles. The molecule has 0 bridgehead atoms. The van der Waals surface area contributed by atoms with E-state index in [2.05, 4.69) is 5.32 Å². The molecule has 1 aromatic carbocycles. The molecule has 25 heavy (non-hydrogen) atoms. The number of nitrogens with zero attached hydrogens (tertiary/aromatic N) is 2. The van der Waals surface area contributed by atoms with Crippen LogP contribution in [0.2, 0.25) is 5.02 Å². The largest absolute Gasteiger partial charge is 0.465 e. The van der Waals surface area contributed by atoms with Crippen molar-refractivity contribution in [3.8, 4) is 0 Å². The van der Waals surface area contributed by atoms with Gasteiger partial charge in [0, 0.05) is 16.6 Å². The molecule has 0 heterocycles. The van der Waals surface area contributed by atoms with Crippen molar-refractivity contribution in [3.05, 3.63) is 33.3 Å². The Bertz CT molecular complexity index is 666. The van der Waals surface area contributed by atoms with Gasteiger partial charge in [-0.15, -0.1) is 0 Å². The van der Waals surface area contributed by atoms with E-state index in [0.29, 0.717) is 17.9 Å². The molecule has 0 aliphatic heterocycles. The lowest BCUT2D eigenvalue weighted by molar-refractivity contribution is -0.384. The summed E-state index contributed by atoms with van der Waals surface area (Å²) in [5.74, 6) is 0. The summed E-state index contributed by atoms with van der Waals surface area (Å²) >= 11 is 6.02. The van der Waals surface area contributed by atoms with Crippen LogP contribution in [0.15, 0.2) is 18.2 Å². The number of benzene rings is 1. The van der Waals surface area contributed by atoms with Crippen LogP contribution >= 0.6 is 11.6 Å². The van der Waals surface area contributed by atoms with Gasteiger partial charge in [0.05, 0.1) is 4.92 Å². The van der Waals surface area contributed by atoms with Crippen molar-refractivity contribution >= 4 is 29.1 Å². The summed E-state index contributed by atoms with van der Waals surface area (Å²) in [7, 11) is 0. The summed E-state index contributed by atoms with van der Waals surface area (Å²) in [4.78, 5) is 24.3. The third-order valence-corrected chi connectivity index (χ3v) is 4.73. The first kappa shape index (κ1) is 19.3. The monoisotopic (exact) mass is 369 g/mol. The predicted octanol–water partition coefficient (Wildman–Crippen LogP) is 5.10. The topological polar surface area (TPSA) is 95.7 Å². The average Bonchev–Trinajstić information content (AvgIpc) is 2.45. The molecule has 1 aromatic rings. The Kier molecular flexibility index (Phi) is 5.46. The molecule has 2 rings (SSSR count). The van der Waals surface area contributed by atoms with E-state index in [-0.39, 0.29) is 11.4 Å². The van der Waals surface area contributed by atoms with Crippen LogP contribution in [-0.4, -0.2) is 32.2 Å². The molecule has 0 radical (unpaired) electrons. The van der Waals surface area contributed by atoms with Crippen molar-refractivity contribution in [2.75, 3.05) is 5.32 Å². The molecule has 2 N–H and O–H groups in total. The van der Waals surface area contributed by atoms with Gasteiger partial charge < -0.3 is 10.4 Å². The van der Waals surface area contributed by atoms with Crippen molar-refractivity contribution in [2.45, 2.75) is 64.1 Å². The van der Waals surface area contributed by atoms with Gasteiger partial charge in [0.1, 0.15) is 11.4 Å². The Labute approximate surface area is 152 Å². The summed E-state index contributed by atoms with van der Waals surface area (Å²) in [5.41, 5.74) is -1.44. The highest BCUT2D eigenvalue weighted by Gasteiger charge is 2.46. The second-order valence-electron chi connectivity index (χ2n) is 7.42. The van der Waals surface area contributed by atoms with Crippen LogP contribution in [0.4, 0.5) is 16.2 Å². The first-order valence-electron chi connectivity index (χ1n) is 8.32. The molecule has 0 saturated heterocycles. The van der Waals surface area contributed by atoms with Gasteiger partial charge in [0.25, 0.3) is 5.69 Å². The number of nitrogens with one attached hydrogen (secondary N) is 1. The lowest BCUT2D eigenvalue weighted by Crippen LogP contribution is -2.64. The molecule has 138 valence electrons. The highest BCUT2D eigenvalue weighted by molar-refractivity contribution is 6.31. The summed E-state index contributed by atoms with van der Waals surface area (Å²) in [6, 6.07) is 4.28.